The maximum atomic E-state index is 13.4. The average Bonchev–Trinajstić information content (AvgIpc) is 3.11. The molecule has 0 spiro atoms. The van der Waals surface area contributed by atoms with E-state index in [1.165, 1.54) is 44.3 Å². The van der Waals surface area contributed by atoms with Crippen molar-refractivity contribution >= 4 is 44.6 Å². The predicted molar refractivity (Wildman–Crippen MR) is 132 cm³/mol. The number of aromatic nitrogens is 1. The van der Waals surface area contributed by atoms with Gasteiger partial charge >= 0.3 is 197 Å². The second kappa shape index (κ2) is 7.72. The topological polar surface area (TPSA) is 12.9 Å². The average molecular weight is 510 g/mol. The molecule has 0 aliphatic carbocycles. The fourth-order valence-corrected chi connectivity index (χ4v) is 7.39. The molecule has 0 unspecified atom stereocenters. The molecule has 2 aromatic heterocycles. The molecule has 0 saturated carbocycles. The Bertz CT molecular complexity index is 1510. The Balaban J connectivity index is 1.67. The van der Waals surface area contributed by atoms with E-state index in [1.807, 2.05) is 30.5 Å². The van der Waals surface area contributed by atoms with Crippen molar-refractivity contribution in [3.05, 3.63) is 77.5 Å². The zero-order valence-electron chi connectivity index (χ0n) is 19.0. The first-order valence-corrected chi connectivity index (χ1v) is 12.6. The molecule has 2 heterocycles. The number of halogens is 3. The number of aryl methyl sites for hydroxylation is 2. The number of rotatable bonds is 3. The van der Waals surface area contributed by atoms with Crippen molar-refractivity contribution in [2.45, 2.75) is 40.3 Å². The Hall–Kier alpha value is -2.62. The molecule has 33 heavy (non-hydrogen) atoms. The second-order valence-electron chi connectivity index (χ2n) is 9.57. The molecule has 0 aliphatic rings. The molecule has 5 aromatic rings. The van der Waals surface area contributed by atoms with E-state index in [0.29, 0.717) is 5.56 Å². The maximum absolute atomic E-state index is 13.4. The summed E-state index contributed by atoms with van der Waals surface area (Å²) in [7, 11) is 0. The monoisotopic (exact) mass is 511 g/mol. The summed E-state index contributed by atoms with van der Waals surface area (Å²) in [4.78, 5) is 4.75. The van der Waals surface area contributed by atoms with E-state index in [1.54, 1.807) is 0 Å². The van der Waals surface area contributed by atoms with Crippen LogP contribution < -0.4 is 0 Å². The van der Waals surface area contributed by atoms with Gasteiger partial charge in [0.2, 0.25) is 0 Å². The van der Waals surface area contributed by atoms with E-state index in [9.17, 15) is 13.2 Å². The van der Waals surface area contributed by atoms with Crippen molar-refractivity contribution in [1.29, 1.82) is 0 Å². The summed E-state index contributed by atoms with van der Waals surface area (Å²) in [6.07, 6.45) is -2.39. The van der Waals surface area contributed by atoms with Crippen LogP contribution in [-0.4, -0.2) is 25.7 Å². The van der Waals surface area contributed by atoms with Crippen molar-refractivity contribution in [1.82, 2.24) is 4.98 Å². The number of benzene rings is 3. The van der Waals surface area contributed by atoms with Crippen LogP contribution in [0.5, 0.6) is 0 Å². The van der Waals surface area contributed by atoms with Gasteiger partial charge in [0.15, 0.2) is 0 Å². The third-order valence-electron chi connectivity index (χ3n) is 6.34. The molecule has 0 fully saturated rings. The van der Waals surface area contributed by atoms with Crippen LogP contribution in [0, 0.1) is 19.3 Å². The number of pyridine rings is 1. The molecule has 168 valence electrons. The molecule has 0 amide bonds. The summed E-state index contributed by atoms with van der Waals surface area (Å²) in [5, 5.41) is 4.57. The van der Waals surface area contributed by atoms with E-state index in [-0.39, 0.29) is 20.9 Å². The Labute approximate surface area is 197 Å². The van der Waals surface area contributed by atoms with Gasteiger partial charge in [0.25, 0.3) is 0 Å². The van der Waals surface area contributed by atoms with Crippen molar-refractivity contribution in [2.75, 3.05) is 0 Å². The van der Waals surface area contributed by atoms with Crippen LogP contribution in [0.15, 0.2) is 60.8 Å². The van der Waals surface area contributed by atoms with Gasteiger partial charge < -0.3 is 0 Å². The first-order chi connectivity index (χ1) is 15.5. The van der Waals surface area contributed by atoms with E-state index < -0.39 is 11.6 Å². The molecule has 5 rings (SSSR count). The minimum absolute atomic E-state index is 0.0321. The van der Waals surface area contributed by atoms with E-state index >= 15 is 0 Å². The molecule has 0 N–H and O–H groups in total. The summed E-state index contributed by atoms with van der Waals surface area (Å²) in [5.74, 6) is 0. The third kappa shape index (κ3) is 3.88. The third-order valence-corrected chi connectivity index (χ3v) is 8.99. The van der Waals surface area contributed by atoms with Gasteiger partial charge in [-0.05, 0) is 0 Å². The number of hydrogen-bond acceptors (Lipinski definition) is 1. The second-order valence-corrected chi connectivity index (χ2v) is 11.7. The molecule has 0 radical (unpaired) electrons. The summed E-state index contributed by atoms with van der Waals surface area (Å²) in [6.45, 7) is 6.73. The summed E-state index contributed by atoms with van der Waals surface area (Å²) >= 11 is 0.0676. The van der Waals surface area contributed by atoms with Crippen LogP contribution >= 0.6 is 0 Å². The van der Waals surface area contributed by atoms with Crippen LogP contribution in [0.4, 0.5) is 13.2 Å². The van der Waals surface area contributed by atoms with Crippen molar-refractivity contribution in [3.63, 3.8) is 0 Å². The van der Waals surface area contributed by atoms with Crippen LogP contribution in [-0.2, 0) is 6.42 Å². The van der Waals surface area contributed by atoms with Crippen LogP contribution in [0.2, 0.25) is 0 Å². The molecular formula is C28H24F3NSe. The number of hydrogen-bond donors (Lipinski definition) is 0. The standard InChI is InChI=1S/C28H24F3NSe/c1-16-11-17(2)13-20(12-16)24-26-23(9-10-32-24)22-8-6-19-14-18(5-7-21(19)25(22)33-26)15-27(3,4)28(29,30)31/h5-14H,15H2,1-4H3. The van der Waals surface area contributed by atoms with Gasteiger partial charge in [0, 0.05) is 0 Å². The molecule has 0 aliphatic heterocycles. The summed E-state index contributed by atoms with van der Waals surface area (Å²) in [6, 6.07) is 18.6. The molecular weight excluding hydrogens is 486 g/mol. The molecule has 5 heteroatoms. The zero-order chi connectivity index (χ0) is 23.5. The fraction of sp³-hybridized carbons (Fsp3) is 0.250. The number of nitrogens with zero attached hydrogens (tertiary/aromatic N) is 1. The predicted octanol–water partition coefficient (Wildman–Crippen LogP) is 8.01. The van der Waals surface area contributed by atoms with Gasteiger partial charge in [0.1, 0.15) is 0 Å². The Morgan fingerprint density at radius 3 is 2.15 bits per heavy atom. The fourth-order valence-electron chi connectivity index (χ4n) is 4.58. The normalized spacial score (nSPS) is 12.8. The summed E-state index contributed by atoms with van der Waals surface area (Å²) < 4.78 is 42.7. The van der Waals surface area contributed by atoms with Crippen molar-refractivity contribution < 1.29 is 13.2 Å². The van der Waals surface area contributed by atoms with E-state index in [4.69, 9.17) is 4.98 Å². The van der Waals surface area contributed by atoms with Gasteiger partial charge in [-0.15, -0.1) is 0 Å². The van der Waals surface area contributed by atoms with Gasteiger partial charge in [-0.3, -0.25) is 0 Å². The SMILES string of the molecule is Cc1cc(C)cc(-c2nccc3c2[se]c2c4ccc(CC(C)(C)C(F)(F)F)cc4ccc32)c1. The minimum atomic E-state index is -4.23. The Kier molecular flexibility index (Phi) is 5.19. The number of fused-ring (bicyclic) bond motifs is 5. The molecule has 3 aromatic carbocycles. The van der Waals surface area contributed by atoms with E-state index in [0.717, 1.165) is 22.0 Å². The van der Waals surface area contributed by atoms with E-state index in [2.05, 4.69) is 44.2 Å². The molecule has 0 atom stereocenters. The Morgan fingerprint density at radius 2 is 1.45 bits per heavy atom. The summed E-state index contributed by atoms with van der Waals surface area (Å²) in [5.41, 5.74) is 3.56. The van der Waals surface area contributed by atoms with Crippen LogP contribution in [0.3, 0.4) is 0 Å². The first-order valence-electron chi connectivity index (χ1n) is 10.9. The van der Waals surface area contributed by atoms with Crippen molar-refractivity contribution in [2.24, 2.45) is 5.41 Å². The van der Waals surface area contributed by atoms with Crippen molar-refractivity contribution in [3.8, 4) is 11.3 Å². The van der Waals surface area contributed by atoms with Gasteiger partial charge in [-0.2, -0.15) is 0 Å². The Morgan fingerprint density at radius 1 is 0.788 bits per heavy atom. The first kappa shape index (κ1) is 22.2. The zero-order valence-corrected chi connectivity index (χ0v) is 20.7. The van der Waals surface area contributed by atoms with Gasteiger partial charge in [0.05, 0.1) is 0 Å². The molecule has 1 nitrogen and oxygen atoms in total. The molecule has 0 bridgehead atoms. The number of alkyl halides is 3. The molecule has 0 saturated heterocycles. The quantitative estimate of drug-likeness (QED) is 0.224. The van der Waals surface area contributed by atoms with Crippen LogP contribution in [0.25, 0.3) is 41.3 Å². The van der Waals surface area contributed by atoms with Gasteiger partial charge in [-0.1, -0.05) is 0 Å². The van der Waals surface area contributed by atoms with Gasteiger partial charge in [-0.25, -0.2) is 0 Å². The van der Waals surface area contributed by atoms with Crippen LogP contribution in [0.1, 0.15) is 30.5 Å².